The smallest absolute Gasteiger partial charge is 0.131 e. The molecule has 1 saturated heterocycles. The van der Waals surface area contributed by atoms with E-state index in [1.54, 1.807) is 12.5 Å². The van der Waals surface area contributed by atoms with Crippen LogP contribution in [-0.2, 0) is 0 Å². The van der Waals surface area contributed by atoms with Crippen molar-refractivity contribution in [2.45, 2.75) is 12.8 Å². The van der Waals surface area contributed by atoms with Crippen molar-refractivity contribution in [2.24, 2.45) is 5.92 Å². The Bertz CT molecular complexity index is 278. The van der Waals surface area contributed by atoms with E-state index in [-0.39, 0.29) is 0 Å². The third-order valence-electron chi connectivity index (χ3n) is 2.63. The second-order valence-electron chi connectivity index (χ2n) is 3.68. The summed E-state index contributed by atoms with van der Waals surface area (Å²) in [5.74, 6) is 2.39. The Kier molecular flexibility index (Phi) is 3.19. The molecule has 1 aromatic rings. The van der Waals surface area contributed by atoms with Crippen molar-refractivity contribution in [3.8, 4) is 0 Å². The van der Waals surface area contributed by atoms with E-state index in [1.165, 1.54) is 12.8 Å². The van der Waals surface area contributed by atoms with Crippen molar-refractivity contribution in [1.82, 2.24) is 9.97 Å². The highest BCUT2D eigenvalue weighted by Crippen LogP contribution is 2.21. The van der Waals surface area contributed by atoms with E-state index in [1.807, 2.05) is 6.07 Å². The summed E-state index contributed by atoms with van der Waals surface area (Å²) >= 11 is 5.87. The summed E-state index contributed by atoms with van der Waals surface area (Å²) in [5.41, 5.74) is 0. The van der Waals surface area contributed by atoms with Gasteiger partial charge in [0.05, 0.1) is 0 Å². The monoisotopic (exact) mass is 211 g/mol. The van der Waals surface area contributed by atoms with Crippen LogP contribution in [0.2, 0.25) is 0 Å². The number of anilines is 1. The second-order valence-corrected chi connectivity index (χ2v) is 3.98. The maximum absolute atomic E-state index is 5.87. The van der Waals surface area contributed by atoms with Crippen LogP contribution >= 0.6 is 11.6 Å². The third kappa shape index (κ3) is 2.15. The molecule has 0 aliphatic carbocycles. The zero-order valence-corrected chi connectivity index (χ0v) is 8.82. The third-order valence-corrected chi connectivity index (χ3v) is 3.06. The summed E-state index contributed by atoms with van der Waals surface area (Å²) in [6, 6.07) is 1.95. The largest absolute Gasteiger partial charge is 0.356 e. The van der Waals surface area contributed by atoms with Crippen LogP contribution in [0.25, 0.3) is 0 Å². The molecule has 1 aliphatic rings. The van der Waals surface area contributed by atoms with E-state index in [0.29, 0.717) is 5.92 Å². The SMILES string of the molecule is ClCC1CCCN(c2ccncn2)C1. The Morgan fingerprint density at radius 1 is 1.57 bits per heavy atom. The minimum atomic E-state index is 0.611. The van der Waals surface area contributed by atoms with Crippen molar-refractivity contribution in [3.63, 3.8) is 0 Å². The first-order chi connectivity index (χ1) is 6.90. The first kappa shape index (κ1) is 9.71. The maximum Gasteiger partial charge on any atom is 0.131 e. The lowest BCUT2D eigenvalue weighted by molar-refractivity contribution is 0.448. The number of hydrogen-bond acceptors (Lipinski definition) is 3. The summed E-state index contributed by atoms with van der Waals surface area (Å²) in [7, 11) is 0. The Hall–Kier alpha value is -0.830. The molecule has 76 valence electrons. The van der Waals surface area contributed by atoms with E-state index < -0.39 is 0 Å². The molecule has 3 nitrogen and oxygen atoms in total. The summed E-state index contributed by atoms with van der Waals surface area (Å²) in [6.07, 6.45) is 5.83. The maximum atomic E-state index is 5.87. The molecular weight excluding hydrogens is 198 g/mol. The fourth-order valence-electron chi connectivity index (χ4n) is 1.87. The first-order valence-electron chi connectivity index (χ1n) is 4.97. The van der Waals surface area contributed by atoms with Crippen molar-refractivity contribution in [3.05, 3.63) is 18.6 Å². The molecule has 4 heteroatoms. The Balaban J connectivity index is 2.04. The van der Waals surface area contributed by atoms with Gasteiger partial charge in [-0.05, 0) is 24.8 Å². The van der Waals surface area contributed by atoms with Crippen LogP contribution in [0, 0.1) is 5.92 Å². The summed E-state index contributed by atoms with van der Waals surface area (Å²) in [5, 5.41) is 0. The standard InChI is InChI=1S/C10H14ClN3/c11-6-9-2-1-5-14(7-9)10-3-4-12-8-13-10/h3-4,8-9H,1-2,5-7H2. The van der Waals surface area contributed by atoms with Gasteiger partial charge in [-0.3, -0.25) is 0 Å². The van der Waals surface area contributed by atoms with Gasteiger partial charge >= 0.3 is 0 Å². The quantitative estimate of drug-likeness (QED) is 0.701. The van der Waals surface area contributed by atoms with Gasteiger partial charge in [-0.1, -0.05) is 0 Å². The average Bonchev–Trinajstić information content (AvgIpc) is 2.30. The van der Waals surface area contributed by atoms with E-state index in [4.69, 9.17) is 11.6 Å². The highest BCUT2D eigenvalue weighted by molar-refractivity contribution is 6.18. The van der Waals surface area contributed by atoms with E-state index in [0.717, 1.165) is 24.8 Å². The van der Waals surface area contributed by atoms with Crippen LogP contribution in [0.4, 0.5) is 5.82 Å². The van der Waals surface area contributed by atoms with Gasteiger partial charge < -0.3 is 4.90 Å². The molecule has 1 fully saturated rings. The van der Waals surface area contributed by atoms with Crippen LogP contribution in [0.1, 0.15) is 12.8 Å². The zero-order chi connectivity index (χ0) is 9.80. The van der Waals surface area contributed by atoms with Gasteiger partial charge in [-0.25, -0.2) is 9.97 Å². The number of halogens is 1. The molecule has 1 atom stereocenters. The summed E-state index contributed by atoms with van der Waals surface area (Å²) in [6.45, 7) is 2.12. The molecule has 0 amide bonds. The molecular formula is C10H14ClN3. The predicted molar refractivity (Wildman–Crippen MR) is 57.7 cm³/mol. The fourth-order valence-corrected chi connectivity index (χ4v) is 2.12. The summed E-state index contributed by atoms with van der Waals surface area (Å²) in [4.78, 5) is 10.4. The van der Waals surface area contributed by atoms with Crippen molar-refractivity contribution < 1.29 is 0 Å². The van der Waals surface area contributed by atoms with E-state index in [2.05, 4.69) is 14.9 Å². The van der Waals surface area contributed by atoms with Gasteiger partial charge in [0, 0.05) is 25.2 Å². The van der Waals surface area contributed by atoms with Crippen molar-refractivity contribution in [1.29, 1.82) is 0 Å². The van der Waals surface area contributed by atoms with Crippen LogP contribution in [0.5, 0.6) is 0 Å². The number of hydrogen-bond donors (Lipinski definition) is 0. The van der Waals surface area contributed by atoms with Crippen LogP contribution in [0.15, 0.2) is 18.6 Å². The molecule has 2 rings (SSSR count). The van der Waals surface area contributed by atoms with Crippen LogP contribution in [0.3, 0.4) is 0 Å². The fraction of sp³-hybridized carbons (Fsp3) is 0.600. The lowest BCUT2D eigenvalue weighted by Gasteiger charge is -2.32. The molecule has 1 aliphatic heterocycles. The van der Waals surface area contributed by atoms with Gasteiger partial charge in [0.15, 0.2) is 0 Å². The topological polar surface area (TPSA) is 29.0 Å². The molecule has 0 radical (unpaired) electrons. The Morgan fingerprint density at radius 3 is 3.21 bits per heavy atom. The van der Waals surface area contributed by atoms with Crippen LogP contribution < -0.4 is 4.90 Å². The van der Waals surface area contributed by atoms with E-state index >= 15 is 0 Å². The lowest BCUT2D eigenvalue weighted by atomic mass is 10.0. The first-order valence-corrected chi connectivity index (χ1v) is 5.50. The van der Waals surface area contributed by atoms with Gasteiger partial charge in [-0.15, -0.1) is 11.6 Å². The molecule has 0 spiro atoms. The number of aromatic nitrogens is 2. The molecule has 0 bridgehead atoms. The molecule has 14 heavy (non-hydrogen) atoms. The minimum Gasteiger partial charge on any atom is -0.356 e. The molecule has 0 aromatic carbocycles. The Labute approximate surface area is 89.1 Å². The second kappa shape index (κ2) is 4.60. The normalized spacial score (nSPS) is 22.4. The van der Waals surface area contributed by atoms with Gasteiger partial charge in [0.1, 0.15) is 12.1 Å². The predicted octanol–water partition coefficient (Wildman–Crippen LogP) is 1.93. The molecule has 1 unspecified atom stereocenters. The lowest BCUT2D eigenvalue weighted by Crippen LogP contribution is -2.36. The highest BCUT2D eigenvalue weighted by Gasteiger charge is 2.19. The van der Waals surface area contributed by atoms with Gasteiger partial charge in [0.2, 0.25) is 0 Å². The number of nitrogens with zero attached hydrogens (tertiary/aromatic N) is 3. The molecule has 0 N–H and O–H groups in total. The number of alkyl halides is 1. The van der Waals surface area contributed by atoms with Gasteiger partial charge in [0.25, 0.3) is 0 Å². The molecule has 0 saturated carbocycles. The summed E-state index contributed by atoms with van der Waals surface area (Å²) < 4.78 is 0. The van der Waals surface area contributed by atoms with Gasteiger partial charge in [-0.2, -0.15) is 0 Å². The van der Waals surface area contributed by atoms with Crippen molar-refractivity contribution >= 4 is 17.4 Å². The minimum absolute atomic E-state index is 0.611. The molecule has 2 heterocycles. The number of piperidine rings is 1. The zero-order valence-electron chi connectivity index (χ0n) is 8.06. The average molecular weight is 212 g/mol. The molecule has 1 aromatic heterocycles. The Morgan fingerprint density at radius 2 is 2.50 bits per heavy atom. The van der Waals surface area contributed by atoms with Crippen molar-refractivity contribution in [2.75, 3.05) is 23.9 Å². The van der Waals surface area contributed by atoms with E-state index in [9.17, 15) is 0 Å². The van der Waals surface area contributed by atoms with Crippen LogP contribution in [-0.4, -0.2) is 28.9 Å². The highest BCUT2D eigenvalue weighted by atomic mass is 35.5. The number of rotatable bonds is 2.